The summed E-state index contributed by atoms with van der Waals surface area (Å²) in [6, 6.07) is 7.92. The first-order valence-electron chi connectivity index (χ1n) is 5.88. The lowest BCUT2D eigenvalue weighted by Gasteiger charge is -2.05. The van der Waals surface area contributed by atoms with Gasteiger partial charge >= 0.3 is 0 Å². The lowest BCUT2D eigenvalue weighted by atomic mass is 10.3. The number of benzene rings is 1. The Labute approximate surface area is 123 Å². The Balaban J connectivity index is 2.10. The number of hydrogen-bond donors (Lipinski definition) is 0. The van der Waals surface area contributed by atoms with Crippen LogP contribution in [0.1, 0.15) is 11.5 Å². The Bertz CT molecular complexity index is 693. The van der Waals surface area contributed by atoms with Crippen molar-refractivity contribution >= 4 is 38.6 Å². The van der Waals surface area contributed by atoms with E-state index >= 15 is 0 Å². The number of fused-ring (bicyclic) bond motifs is 1. The van der Waals surface area contributed by atoms with E-state index in [1.54, 1.807) is 6.26 Å². The van der Waals surface area contributed by atoms with Gasteiger partial charge in [-0.3, -0.25) is 0 Å². The summed E-state index contributed by atoms with van der Waals surface area (Å²) in [5.41, 5.74) is 2.90. The van der Waals surface area contributed by atoms with E-state index < -0.39 is 0 Å². The van der Waals surface area contributed by atoms with E-state index in [9.17, 15) is 0 Å². The highest BCUT2D eigenvalue weighted by Gasteiger charge is 2.12. The Kier molecular flexibility index (Phi) is 3.57. The SMILES string of the molecule is ClCCc1nc2cc(Br)ccc2n1Cc1ccon1. The highest BCUT2D eigenvalue weighted by Crippen LogP contribution is 2.22. The van der Waals surface area contributed by atoms with Gasteiger partial charge in [-0.15, -0.1) is 11.6 Å². The van der Waals surface area contributed by atoms with E-state index in [-0.39, 0.29) is 0 Å². The second-order valence-electron chi connectivity index (χ2n) is 4.18. The zero-order chi connectivity index (χ0) is 13.2. The first-order chi connectivity index (χ1) is 9.28. The summed E-state index contributed by atoms with van der Waals surface area (Å²) in [6.07, 6.45) is 2.30. The van der Waals surface area contributed by atoms with E-state index in [2.05, 4.69) is 30.6 Å². The maximum atomic E-state index is 5.85. The summed E-state index contributed by atoms with van der Waals surface area (Å²) in [7, 11) is 0. The molecule has 3 aromatic rings. The van der Waals surface area contributed by atoms with Crippen molar-refractivity contribution in [3.8, 4) is 0 Å². The summed E-state index contributed by atoms with van der Waals surface area (Å²) in [5.74, 6) is 1.51. The molecule has 0 amide bonds. The summed E-state index contributed by atoms with van der Waals surface area (Å²) < 4.78 is 8.02. The van der Waals surface area contributed by atoms with Crippen LogP contribution in [0, 0.1) is 0 Å². The third-order valence-electron chi connectivity index (χ3n) is 2.92. The van der Waals surface area contributed by atoms with Gasteiger partial charge in [-0.1, -0.05) is 21.1 Å². The van der Waals surface area contributed by atoms with Crippen molar-refractivity contribution in [2.45, 2.75) is 13.0 Å². The van der Waals surface area contributed by atoms with E-state index in [1.807, 2.05) is 24.3 Å². The molecule has 98 valence electrons. The van der Waals surface area contributed by atoms with Gasteiger partial charge in [0.2, 0.25) is 0 Å². The molecule has 2 heterocycles. The molecule has 6 heteroatoms. The summed E-state index contributed by atoms with van der Waals surface area (Å²) in [4.78, 5) is 4.63. The molecule has 2 aromatic heterocycles. The molecule has 4 nitrogen and oxygen atoms in total. The average Bonchev–Trinajstić information content (AvgIpc) is 2.99. The number of aromatic nitrogens is 3. The standard InChI is InChI=1S/C13H11BrClN3O/c14-9-1-2-12-11(7-9)16-13(3-5-15)18(12)8-10-4-6-19-17-10/h1-2,4,6-7H,3,5,8H2. The van der Waals surface area contributed by atoms with E-state index in [1.165, 1.54) is 0 Å². The van der Waals surface area contributed by atoms with Crippen LogP contribution in [0.2, 0.25) is 0 Å². The fourth-order valence-corrected chi connectivity index (χ4v) is 2.60. The molecule has 0 radical (unpaired) electrons. The maximum absolute atomic E-state index is 5.85. The fourth-order valence-electron chi connectivity index (χ4n) is 2.09. The summed E-state index contributed by atoms with van der Waals surface area (Å²) in [5, 5.41) is 3.95. The monoisotopic (exact) mass is 339 g/mol. The minimum Gasteiger partial charge on any atom is -0.364 e. The first-order valence-corrected chi connectivity index (χ1v) is 7.20. The molecule has 0 spiro atoms. The van der Waals surface area contributed by atoms with Gasteiger partial charge in [0.15, 0.2) is 0 Å². The third kappa shape index (κ3) is 2.53. The van der Waals surface area contributed by atoms with Crippen LogP contribution in [0.5, 0.6) is 0 Å². The van der Waals surface area contributed by atoms with E-state index in [0.29, 0.717) is 12.4 Å². The number of halogens is 2. The van der Waals surface area contributed by atoms with Gasteiger partial charge in [-0.25, -0.2) is 4.98 Å². The molecule has 0 saturated heterocycles. The second kappa shape index (κ2) is 5.35. The van der Waals surface area contributed by atoms with Crippen LogP contribution in [0.3, 0.4) is 0 Å². The van der Waals surface area contributed by atoms with Gasteiger partial charge in [0.25, 0.3) is 0 Å². The molecule has 19 heavy (non-hydrogen) atoms. The molecule has 0 bridgehead atoms. The number of hydrogen-bond acceptors (Lipinski definition) is 3. The number of nitrogens with zero attached hydrogens (tertiary/aromatic N) is 3. The smallest absolute Gasteiger partial charge is 0.124 e. The van der Waals surface area contributed by atoms with Crippen molar-refractivity contribution in [2.75, 3.05) is 5.88 Å². The Morgan fingerprint density at radius 2 is 2.21 bits per heavy atom. The van der Waals surface area contributed by atoms with Crippen molar-refractivity contribution < 1.29 is 4.52 Å². The molecular formula is C13H11BrClN3O. The van der Waals surface area contributed by atoms with Gasteiger partial charge < -0.3 is 9.09 Å². The number of rotatable bonds is 4. The van der Waals surface area contributed by atoms with E-state index in [4.69, 9.17) is 16.1 Å². The van der Waals surface area contributed by atoms with Gasteiger partial charge in [-0.2, -0.15) is 0 Å². The minimum absolute atomic E-state index is 0.545. The van der Waals surface area contributed by atoms with Crippen LogP contribution >= 0.6 is 27.5 Å². The average molecular weight is 341 g/mol. The second-order valence-corrected chi connectivity index (χ2v) is 5.47. The zero-order valence-electron chi connectivity index (χ0n) is 10.0. The van der Waals surface area contributed by atoms with E-state index in [0.717, 1.165) is 33.4 Å². The highest BCUT2D eigenvalue weighted by atomic mass is 79.9. The van der Waals surface area contributed by atoms with Crippen LogP contribution < -0.4 is 0 Å². The zero-order valence-corrected chi connectivity index (χ0v) is 12.4. The molecule has 1 aromatic carbocycles. The molecule has 0 atom stereocenters. The van der Waals surface area contributed by atoms with Crippen LogP contribution in [-0.4, -0.2) is 20.6 Å². The molecular weight excluding hydrogens is 330 g/mol. The highest BCUT2D eigenvalue weighted by molar-refractivity contribution is 9.10. The lowest BCUT2D eigenvalue weighted by molar-refractivity contribution is 0.409. The molecule has 0 aliphatic rings. The minimum atomic E-state index is 0.545. The predicted molar refractivity (Wildman–Crippen MR) is 77.5 cm³/mol. The quantitative estimate of drug-likeness (QED) is 0.681. The Morgan fingerprint density at radius 3 is 2.95 bits per heavy atom. The van der Waals surface area contributed by atoms with Gasteiger partial charge in [0, 0.05) is 22.8 Å². The lowest BCUT2D eigenvalue weighted by Crippen LogP contribution is -2.06. The molecule has 0 N–H and O–H groups in total. The fraction of sp³-hybridized carbons (Fsp3) is 0.231. The Morgan fingerprint density at radius 1 is 1.32 bits per heavy atom. The first kappa shape index (κ1) is 12.7. The summed E-state index contributed by atoms with van der Waals surface area (Å²) >= 11 is 9.32. The molecule has 0 aliphatic heterocycles. The summed E-state index contributed by atoms with van der Waals surface area (Å²) in [6.45, 7) is 0.640. The van der Waals surface area contributed by atoms with Crippen molar-refractivity contribution in [1.29, 1.82) is 0 Å². The van der Waals surface area contributed by atoms with Gasteiger partial charge in [-0.05, 0) is 18.2 Å². The van der Waals surface area contributed by atoms with Crippen LogP contribution in [-0.2, 0) is 13.0 Å². The topological polar surface area (TPSA) is 43.9 Å². The maximum Gasteiger partial charge on any atom is 0.124 e. The van der Waals surface area contributed by atoms with Gasteiger partial charge in [0.1, 0.15) is 17.8 Å². The molecule has 0 saturated carbocycles. The van der Waals surface area contributed by atoms with Crippen molar-refractivity contribution in [1.82, 2.24) is 14.7 Å². The van der Waals surface area contributed by atoms with Gasteiger partial charge in [0.05, 0.1) is 17.6 Å². The largest absolute Gasteiger partial charge is 0.364 e. The van der Waals surface area contributed by atoms with Crippen LogP contribution in [0.25, 0.3) is 11.0 Å². The number of imidazole rings is 1. The van der Waals surface area contributed by atoms with Crippen LogP contribution in [0.4, 0.5) is 0 Å². The normalized spacial score (nSPS) is 11.3. The van der Waals surface area contributed by atoms with Crippen molar-refractivity contribution in [3.63, 3.8) is 0 Å². The van der Waals surface area contributed by atoms with Crippen LogP contribution in [0.15, 0.2) is 39.5 Å². The Hall–Kier alpha value is -1.33. The molecule has 0 fully saturated rings. The molecule has 0 unspecified atom stereocenters. The third-order valence-corrected chi connectivity index (χ3v) is 3.60. The predicted octanol–water partition coefficient (Wildman–Crippen LogP) is 3.62. The molecule has 0 aliphatic carbocycles. The number of alkyl halides is 1. The number of aryl methyl sites for hydroxylation is 1. The van der Waals surface area contributed by atoms with Crippen molar-refractivity contribution in [3.05, 3.63) is 46.5 Å². The molecule has 3 rings (SSSR count). The van der Waals surface area contributed by atoms with Crippen molar-refractivity contribution in [2.24, 2.45) is 0 Å².